The fourth-order valence-electron chi connectivity index (χ4n) is 1.48. The average Bonchev–Trinajstić information content (AvgIpc) is 2.40. The van der Waals surface area contributed by atoms with E-state index in [4.69, 9.17) is 9.47 Å². The van der Waals surface area contributed by atoms with Crippen LogP contribution in [0.4, 0.5) is 10.5 Å². The number of ether oxygens (including phenoxy) is 2. The minimum atomic E-state index is -0.502. The molecule has 0 saturated carbocycles. The van der Waals surface area contributed by atoms with Crippen LogP contribution in [-0.2, 0) is 9.47 Å². The highest BCUT2D eigenvalue weighted by Crippen LogP contribution is 2.11. The summed E-state index contributed by atoms with van der Waals surface area (Å²) in [4.78, 5) is 23.0. The van der Waals surface area contributed by atoms with E-state index in [9.17, 15) is 9.59 Å². The molecular formula is C14H19NO4. The van der Waals surface area contributed by atoms with Gasteiger partial charge in [-0.25, -0.2) is 4.79 Å². The Balaban J connectivity index is 2.51. The Labute approximate surface area is 112 Å². The quantitative estimate of drug-likeness (QED) is 0.608. The zero-order valence-corrected chi connectivity index (χ0v) is 11.3. The van der Waals surface area contributed by atoms with Gasteiger partial charge in [0.1, 0.15) is 0 Å². The summed E-state index contributed by atoms with van der Waals surface area (Å²) in [6, 6.07) is 6.70. The lowest BCUT2D eigenvalue weighted by molar-refractivity contribution is 0.0896. The van der Waals surface area contributed by atoms with Gasteiger partial charge in [0.05, 0.1) is 13.2 Å². The minimum Gasteiger partial charge on any atom is -0.450 e. The zero-order chi connectivity index (χ0) is 14.1. The van der Waals surface area contributed by atoms with Crippen LogP contribution in [0.2, 0.25) is 0 Å². The fourth-order valence-corrected chi connectivity index (χ4v) is 1.48. The van der Waals surface area contributed by atoms with Gasteiger partial charge in [-0.05, 0) is 38.1 Å². The molecular weight excluding hydrogens is 246 g/mol. The first kappa shape index (κ1) is 15.2. The second kappa shape index (κ2) is 8.26. The average molecular weight is 265 g/mol. The van der Waals surface area contributed by atoms with Crippen LogP contribution in [0.3, 0.4) is 0 Å². The third-order valence-electron chi connectivity index (χ3n) is 2.41. The molecule has 0 radical (unpaired) electrons. The molecule has 5 nitrogen and oxygen atoms in total. The second-order valence-corrected chi connectivity index (χ2v) is 3.79. The van der Waals surface area contributed by atoms with E-state index < -0.39 is 6.09 Å². The molecule has 0 bridgehead atoms. The summed E-state index contributed by atoms with van der Waals surface area (Å²) in [6.45, 7) is 4.98. The summed E-state index contributed by atoms with van der Waals surface area (Å²) in [6.07, 6.45) is -0.142. The summed E-state index contributed by atoms with van der Waals surface area (Å²) in [5.41, 5.74) is 1.20. The van der Waals surface area contributed by atoms with E-state index in [1.807, 2.05) is 6.92 Å². The van der Waals surface area contributed by atoms with E-state index in [2.05, 4.69) is 5.32 Å². The number of anilines is 1. The van der Waals surface area contributed by atoms with Crippen molar-refractivity contribution in [2.75, 3.05) is 25.1 Å². The third kappa shape index (κ3) is 5.52. The molecule has 0 fully saturated rings. The standard InChI is InChI=1S/C14H19NO4/c1-3-18-10-9-13(16)11-5-7-12(8-6-11)15-14(17)19-4-2/h5-8H,3-4,9-10H2,1-2H3,(H,15,17). The monoisotopic (exact) mass is 265 g/mol. The van der Waals surface area contributed by atoms with Crippen LogP contribution in [0, 0.1) is 0 Å². The summed E-state index contributed by atoms with van der Waals surface area (Å²) >= 11 is 0. The third-order valence-corrected chi connectivity index (χ3v) is 2.41. The Morgan fingerprint density at radius 2 is 1.79 bits per heavy atom. The number of hydrogen-bond acceptors (Lipinski definition) is 4. The van der Waals surface area contributed by atoms with Crippen molar-refractivity contribution >= 4 is 17.6 Å². The molecule has 0 heterocycles. The number of nitrogens with one attached hydrogen (secondary N) is 1. The highest BCUT2D eigenvalue weighted by molar-refractivity contribution is 5.96. The van der Waals surface area contributed by atoms with Gasteiger partial charge in [0.25, 0.3) is 0 Å². The number of Topliss-reactive ketones (excluding diaryl/α,β-unsaturated/α-hetero) is 1. The van der Waals surface area contributed by atoms with Crippen molar-refractivity contribution in [2.24, 2.45) is 0 Å². The van der Waals surface area contributed by atoms with Gasteiger partial charge in [0.15, 0.2) is 5.78 Å². The summed E-state index contributed by atoms with van der Waals surface area (Å²) in [5.74, 6) is 0.0242. The number of carbonyl (C=O) groups excluding carboxylic acids is 2. The molecule has 0 aromatic heterocycles. The molecule has 1 aromatic rings. The maximum atomic E-state index is 11.8. The molecule has 1 N–H and O–H groups in total. The van der Waals surface area contributed by atoms with Crippen molar-refractivity contribution in [1.29, 1.82) is 0 Å². The van der Waals surface area contributed by atoms with E-state index in [0.29, 0.717) is 37.5 Å². The zero-order valence-electron chi connectivity index (χ0n) is 11.3. The first-order valence-corrected chi connectivity index (χ1v) is 6.32. The van der Waals surface area contributed by atoms with Gasteiger partial charge in [-0.15, -0.1) is 0 Å². The molecule has 104 valence electrons. The van der Waals surface area contributed by atoms with Crippen molar-refractivity contribution in [3.8, 4) is 0 Å². The molecule has 0 aliphatic carbocycles. The van der Waals surface area contributed by atoms with Gasteiger partial charge < -0.3 is 9.47 Å². The van der Waals surface area contributed by atoms with Crippen molar-refractivity contribution < 1.29 is 19.1 Å². The molecule has 1 aromatic carbocycles. The fraction of sp³-hybridized carbons (Fsp3) is 0.429. The smallest absolute Gasteiger partial charge is 0.411 e. The first-order valence-electron chi connectivity index (χ1n) is 6.32. The van der Waals surface area contributed by atoms with Crippen LogP contribution < -0.4 is 5.32 Å². The summed E-state index contributed by atoms with van der Waals surface area (Å²) < 4.78 is 9.89. The Morgan fingerprint density at radius 3 is 2.37 bits per heavy atom. The van der Waals surface area contributed by atoms with Gasteiger partial charge in [-0.3, -0.25) is 10.1 Å². The van der Waals surface area contributed by atoms with Gasteiger partial charge >= 0.3 is 6.09 Å². The molecule has 5 heteroatoms. The van der Waals surface area contributed by atoms with Crippen LogP contribution >= 0.6 is 0 Å². The lowest BCUT2D eigenvalue weighted by Crippen LogP contribution is -2.13. The Bertz CT molecular complexity index is 414. The Morgan fingerprint density at radius 1 is 1.11 bits per heavy atom. The normalized spacial score (nSPS) is 10.0. The van der Waals surface area contributed by atoms with Crippen molar-refractivity contribution in [2.45, 2.75) is 20.3 Å². The second-order valence-electron chi connectivity index (χ2n) is 3.79. The lowest BCUT2D eigenvalue weighted by Gasteiger charge is -2.06. The van der Waals surface area contributed by atoms with Crippen molar-refractivity contribution in [3.63, 3.8) is 0 Å². The summed E-state index contributed by atoms with van der Waals surface area (Å²) in [5, 5.41) is 2.56. The van der Waals surface area contributed by atoms with Crippen LogP contribution in [0.25, 0.3) is 0 Å². The van der Waals surface area contributed by atoms with Crippen molar-refractivity contribution in [1.82, 2.24) is 0 Å². The number of ketones is 1. The molecule has 0 aliphatic rings. The van der Waals surface area contributed by atoms with Crippen LogP contribution in [0.15, 0.2) is 24.3 Å². The number of amides is 1. The Kier molecular flexibility index (Phi) is 6.60. The van der Waals surface area contributed by atoms with Crippen molar-refractivity contribution in [3.05, 3.63) is 29.8 Å². The predicted molar refractivity (Wildman–Crippen MR) is 72.5 cm³/mol. The molecule has 0 atom stereocenters. The van der Waals surface area contributed by atoms with Gasteiger partial charge in [0, 0.05) is 24.3 Å². The van der Waals surface area contributed by atoms with E-state index in [0.717, 1.165) is 0 Å². The Hall–Kier alpha value is -1.88. The van der Waals surface area contributed by atoms with E-state index >= 15 is 0 Å². The maximum absolute atomic E-state index is 11.8. The van der Waals surface area contributed by atoms with Crippen LogP contribution in [0.5, 0.6) is 0 Å². The molecule has 0 unspecified atom stereocenters. The van der Waals surface area contributed by atoms with Gasteiger partial charge in [-0.2, -0.15) is 0 Å². The predicted octanol–water partition coefficient (Wildman–Crippen LogP) is 2.86. The molecule has 1 rings (SSSR count). The number of hydrogen-bond donors (Lipinski definition) is 1. The lowest BCUT2D eigenvalue weighted by atomic mass is 10.1. The van der Waals surface area contributed by atoms with E-state index in [1.54, 1.807) is 31.2 Å². The molecule has 1 amide bonds. The highest BCUT2D eigenvalue weighted by atomic mass is 16.5. The van der Waals surface area contributed by atoms with E-state index in [-0.39, 0.29) is 5.78 Å². The number of carbonyl (C=O) groups is 2. The van der Waals surface area contributed by atoms with Gasteiger partial charge in [-0.1, -0.05) is 0 Å². The van der Waals surface area contributed by atoms with Crippen LogP contribution in [-0.4, -0.2) is 31.7 Å². The number of rotatable bonds is 7. The minimum absolute atomic E-state index is 0.0242. The topological polar surface area (TPSA) is 64.6 Å². The summed E-state index contributed by atoms with van der Waals surface area (Å²) in [7, 11) is 0. The molecule has 0 saturated heterocycles. The molecule has 19 heavy (non-hydrogen) atoms. The maximum Gasteiger partial charge on any atom is 0.411 e. The molecule has 0 aliphatic heterocycles. The van der Waals surface area contributed by atoms with E-state index in [1.165, 1.54) is 0 Å². The first-order chi connectivity index (χ1) is 9.17. The SMILES string of the molecule is CCOCCC(=O)c1ccc(NC(=O)OCC)cc1. The highest BCUT2D eigenvalue weighted by Gasteiger charge is 2.06. The largest absolute Gasteiger partial charge is 0.450 e. The molecule has 0 spiro atoms. The number of benzene rings is 1. The van der Waals surface area contributed by atoms with Gasteiger partial charge in [0.2, 0.25) is 0 Å². The van der Waals surface area contributed by atoms with Crippen LogP contribution in [0.1, 0.15) is 30.6 Å².